The molecule has 5 heteroatoms. The third kappa shape index (κ3) is 2.97. The Hall–Kier alpha value is -2.35. The first-order chi connectivity index (χ1) is 9.41. The molecule has 0 atom stereocenters. The maximum Gasteiger partial charge on any atom is 0.416 e. The molecule has 1 nitrogen and oxygen atoms in total. The molecule has 20 heavy (non-hydrogen) atoms. The Morgan fingerprint density at radius 1 is 0.950 bits per heavy atom. The van der Waals surface area contributed by atoms with E-state index in [9.17, 15) is 17.6 Å². The minimum Gasteiger partial charge on any atom is -0.207 e. The third-order valence-corrected chi connectivity index (χ3v) is 2.87. The van der Waals surface area contributed by atoms with Crippen molar-refractivity contribution in [2.24, 2.45) is 0 Å². The minimum absolute atomic E-state index is 0.0425. The Morgan fingerprint density at radius 3 is 2.05 bits per heavy atom. The summed E-state index contributed by atoms with van der Waals surface area (Å²) in [4.78, 5) is 0. The maximum atomic E-state index is 13.7. The van der Waals surface area contributed by atoms with Crippen molar-refractivity contribution in [3.8, 4) is 17.2 Å². The summed E-state index contributed by atoms with van der Waals surface area (Å²) in [6, 6.07) is 10.6. The fourth-order valence-corrected chi connectivity index (χ4v) is 1.81. The summed E-state index contributed by atoms with van der Waals surface area (Å²) in [6.07, 6.45) is -4.43. The number of hydrogen-bond donors (Lipinski definition) is 0. The molecule has 2 aromatic carbocycles. The highest BCUT2D eigenvalue weighted by atomic mass is 19.4. The van der Waals surface area contributed by atoms with Gasteiger partial charge in [0.1, 0.15) is 5.82 Å². The lowest BCUT2D eigenvalue weighted by Gasteiger charge is -2.08. The van der Waals surface area contributed by atoms with E-state index < -0.39 is 17.6 Å². The molecular formula is C15H9F4N. The molecule has 0 aliphatic carbocycles. The van der Waals surface area contributed by atoms with Gasteiger partial charge in [-0.1, -0.05) is 24.3 Å². The van der Waals surface area contributed by atoms with Gasteiger partial charge in [-0.25, -0.2) is 4.39 Å². The molecule has 2 rings (SSSR count). The zero-order valence-corrected chi connectivity index (χ0v) is 10.2. The van der Waals surface area contributed by atoms with Gasteiger partial charge in [-0.05, 0) is 29.3 Å². The quantitative estimate of drug-likeness (QED) is 0.738. The molecule has 2 aromatic rings. The molecule has 0 aromatic heterocycles. The van der Waals surface area contributed by atoms with E-state index in [4.69, 9.17) is 5.26 Å². The highest BCUT2D eigenvalue weighted by molar-refractivity contribution is 5.64. The van der Waals surface area contributed by atoms with Crippen LogP contribution in [0.25, 0.3) is 11.1 Å². The van der Waals surface area contributed by atoms with Gasteiger partial charge in [0.15, 0.2) is 0 Å². The molecule has 0 fully saturated rings. The van der Waals surface area contributed by atoms with Crippen molar-refractivity contribution in [1.82, 2.24) is 0 Å². The van der Waals surface area contributed by atoms with Crippen molar-refractivity contribution in [2.45, 2.75) is 12.6 Å². The average molecular weight is 279 g/mol. The number of rotatable bonds is 2. The van der Waals surface area contributed by atoms with Gasteiger partial charge in [0.25, 0.3) is 0 Å². The Bertz CT molecular complexity index is 651. The number of nitriles is 1. The summed E-state index contributed by atoms with van der Waals surface area (Å²) >= 11 is 0. The van der Waals surface area contributed by atoms with E-state index in [-0.39, 0.29) is 12.0 Å². The normalized spacial score (nSPS) is 11.2. The molecule has 0 saturated carbocycles. The molecule has 0 aliphatic heterocycles. The van der Waals surface area contributed by atoms with E-state index in [0.717, 1.165) is 12.1 Å². The van der Waals surface area contributed by atoms with Crippen molar-refractivity contribution in [3.05, 3.63) is 59.4 Å². The first-order valence-electron chi connectivity index (χ1n) is 5.75. The minimum atomic E-state index is -4.39. The molecular weight excluding hydrogens is 270 g/mol. The monoisotopic (exact) mass is 279 g/mol. The lowest BCUT2D eigenvalue weighted by molar-refractivity contribution is -0.137. The van der Waals surface area contributed by atoms with Gasteiger partial charge < -0.3 is 0 Å². The smallest absolute Gasteiger partial charge is 0.207 e. The molecule has 0 radical (unpaired) electrons. The summed E-state index contributed by atoms with van der Waals surface area (Å²) in [5.74, 6) is -0.538. The topological polar surface area (TPSA) is 23.8 Å². The maximum absolute atomic E-state index is 13.7. The molecule has 0 heterocycles. The average Bonchev–Trinajstić information content (AvgIpc) is 2.40. The second-order valence-corrected chi connectivity index (χ2v) is 4.22. The predicted molar refractivity (Wildman–Crippen MR) is 66.2 cm³/mol. The largest absolute Gasteiger partial charge is 0.416 e. The van der Waals surface area contributed by atoms with Crippen LogP contribution in [0.2, 0.25) is 0 Å². The van der Waals surface area contributed by atoms with Crippen LogP contribution in [0.3, 0.4) is 0 Å². The summed E-state index contributed by atoms with van der Waals surface area (Å²) in [6.45, 7) is 0. The fourth-order valence-electron chi connectivity index (χ4n) is 1.81. The van der Waals surface area contributed by atoms with Gasteiger partial charge >= 0.3 is 6.18 Å². The molecule has 0 aliphatic rings. The van der Waals surface area contributed by atoms with E-state index in [1.54, 1.807) is 6.07 Å². The van der Waals surface area contributed by atoms with E-state index in [1.165, 1.54) is 24.3 Å². The number of halogens is 4. The van der Waals surface area contributed by atoms with Gasteiger partial charge in [-0.3, -0.25) is 0 Å². The van der Waals surface area contributed by atoms with Crippen molar-refractivity contribution >= 4 is 0 Å². The van der Waals surface area contributed by atoms with E-state index >= 15 is 0 Å². The zero-order valence-electron chi connectivity index (χ0n) is 10.2. The number of benzene rings is 2. The first kappa shape index (κ1) is 14.1. The molecule has 0 spiro atoms. The van der Waals surface area contributed by atoms with Gasteiger partial charge in [0.2, 0.25) is 0 Å². The van der Waals surface area contributed by atoms with Crippen LogP contribution >= 0.6 is 0 Å². The standard InChI is InChI=1S/C15H9F4N/c16-14-9-12(2-1-11(14)7-8-20)10-3-5-13(6-4-10)15(17,18)19/h1-6,9H,7H2. The third-order valence-electron chi connectivity index (χ3n) is 2.87. The van der Waals surface area contributed by atoms with Crippen LogP contribution in [-0.4, -0.2) is 0 Å². The van der Waals surface area contributed by atoms with Crippen LogP contribution < -0.4 is 0 Å². The van der Waals surface area contributed by atoms with E-state index in [2.05, 4.69) is 0 Å². The van der Waals surface area contributed by atoms with E-state index in [1.807, 2.05) is 6.07 Å². The zero-order chi connectivity index (χ0) is 14.8. The molecule has 0 saturated heterocycles. The Kier molecular flexibility index (Phi) is 3.75. The van der Waals surface area contributed by atoms with Gasteiger partial charge in [0.05, 0.1) is 18.1 Å². The molecule has 102 valence electrons. The molecule has 0 N–H and O–H groups in total. The van der Waals surface area contributed by atoms with Crippen LogP contribution in [-0.2, 0) is 12.6 Å². The van der Waals surface area contributed by atoms with Crippen LogP contribution in [0, 0.1) is 17.1 Å². The molecule has 0 unspecified atom stereocenters. The Balaban J connectivity index is 2.33. The predicted octanol–water partition coefficient (Wildman–Crippen LogP) is 4.58. The Morgan fingerprint density at radius 2 is 1.55 bits per heavy atom. The number of alkyl halides is 3. The SMILES string of the molecule is N#CCc1ccc(-c2ccc(C(F)(F)F)cc2)cc1F. The van der Waals surface area contributed by atoms with Crippen LogP contribution in [0.4, 0.5) is 17.6 Å². The number of hydrogen-bond acceptors (Lipinski definition) is 1. The molecule has 0 amide bonds. The lowest BCUT2D eigenvalue weighted by atomic mass is 10.0. The highest BCUT2D eigenvalue weighted by Gasteiger charge is 2.29. The second kappa shape index (κ2) is 5.33. The highest BCUT2D eigenvalue weighted by Crippen LogP contribution is 2.31. The summed E-state index contributed by atoms with van der Waals surface area (Å²) < 4.78 is 51.0. The fraction of sp³-hybridized carbons (Fsp3) is 0.133. The summed E-state index contributed by atoms with van der Waals surface area (Å²) in [5.41, 5.74) is 0.476. The summed E-state index contributed by atoms with van der Waals surface area (Å²) in [5, 5.41) is 8.51. The molecule has 0 bridgehead atoms. The van der Waals surface area contributed by atoms with E-state index in [0.29, 0.717) is 11.1 Å². The van der Waals surface area contributed by atoms with Crippen LogP contribution in [0.15, 0.2) is 42.5 Å². The summed E-state index contributed by atoms with van der Waals surface area (Å²) in [7, 11) is 0. The lowest BCUT2D eigenvalue weighted by Crippen LogP contribution is -2.04. The van der Waals surface area contributed by atoms with Crippen LogP contribution in [0.1, 0.15) is 11.1 Å². The van der Waals surface area contributed by atoms with Crippen molar-refractivity contribution in [1.29, 1.82) is 5.26 Å². The number of nitrogens with zero attached hydrogens (tertiary/aromatic N) is 1. The second-order valence-electron chi connectivity index (χ2n) is 4.22. The van der Waals surface area contributed by atoms with Gasteiger partial charge in [0, 0.05) is 5.56 Å². The first-order valence-corrected chi connectivity index (χ1v) is 5.75. The Labute approximate surface area is 113 Å². The van der Waals surface area contributed by atoms with Crippen molar-refractivity contribution in [3.63, 3.8) is 0 Å². The van der Waals surface area contributed by atoms with Gasteiger partial charge in [-0.15, -0.1) is 0 Å². The van der Waals surface area contributed by atoms with Crippen molar-refractivity contribution < 1.29 is 17.6 Å². The van der Waals surface area contributed by atoms with Gasteiger partial charge in [-0.2, -0.15) is 18.4 Å². The van der Waals surface area contributed by atoms with Crippen LogP contribution in [0.5, 0.6) is 0 Å². The van der Waals surface area contributed by atoms with Crippen molar-refractivity contribution in [2.75, 3.05) is 0 Å².